The zero-order chi connectivity index (χ0) is 22.8. The molecule has 0 fully saturated rings. The Bertz CT molecular complexity index is 1100. The third-order valence-corrected chi connectivity index (χ3v) is 3.87. The van der Waals surface area contributed by atoms with Crippen molar-refractivity contribution in [2.24, 2.45) is 0 Å². The van der Waals surface area contributed by atoms with Crippen LogP contribution in [0.5, 0.6) is 5.75 Å². The summed E-state index contributed by atoms with van der Waals surface area (Å²) < 4.78 is 85.4. The normalized spacial score (nSPS) is 12.2. The molecule has 3 rings (SSSR count). The van der Waals surface area contributed by atoms with Gasteiger partial charge in [-0.3, -0.25) is 9.36 Å². The van der Waals surface area contributed by atoms with Crippen LogP contribution in [0.1, 0.15) is 18.1 Å². The van der Waals surface area contributed by atoms with Crippen molar-refractivity contribution < 1.29 is 35.6 Å². The predicted octanol–water partition coefficient (Wildman–Crippen LogP) is 4.03. The molecule has 1 aromatic carbocycles. The van der Waals surface area contributed by atoms with Gasteiger partial charge < -0.3 is 9.26 Å². The molecule has 0 radical (unpaired) electrons. The quantitative estimate of drug-likeness (QED) is 0.530. The van der Waals surface area contributed by atoms with Crippen LogP contribution in [0.4, 0.5) is 26.3 Å². The zero-order valence-electron chi connectivity index (χ0n) is 15.8. The largest absolute Gasteiger partial charge is 0.484 e. The Hall–Kier alpha value is -3.38. The molecule has 0 bridgehead atoms. The average molecular weight is 448 g/mol. The number of hydrogen-bond acceptors (Lipinski definition) is 6. The molecule has 0 aliphatic rings. The number of benzene rings is 1. The number of rotatable bonds is 6. The summed E-state index contributed by atoms with van der Waals surface area (Å²) in [5, 5.41) is 3.60. The molecule has 0 saturated heterocycles. The van der Waals surface area contributed by atoms with Crippen molar-refractivity contribution in [2.45, 2.75) is 32.1 Å². The monoisotopic (exact) mass is 448 g/mol. The summed E-state index contributed by atoms with van der Waals surface area (Å²) in [4.78, 5) is 20.7. The van der Waals surface area contributed by atoms with Gasteiger partial charge in [-0.1, -0.05) is 5.16 Å². The van der Waals surface area contributed by atoms with E-state index in [4.69, 9.17) is 4.52 Å². The zero-order valence-corrected chi connectivity index (χ0v) is 15.8. The van der Waals surface area contributed by atoms with Crippen molar-refractivity contribution in [2.75, 3.05) is 6.61 Å². The van der Waals surface area contributed by atoms with Crippen LogP contribution in [0.2, 0.25) is 0 Å². The molecule has 0 atom stereocenters. The fraction of sp³-hybridized carbons (Fsp3) is 0.333. The molecule has 2 aromatic heterocycles. The smallest absolute Gasteiger partial charge is 0.422 e. The van der Waals surface area contributed by atoms with Gasteiger partial charge in [-0.25, -0.2) is 4.98 Å². The number of hydrogen-bond donors (Lipinski definition) is 0. The van der Waals surface area contributed by atoms with Gasteiger partial charge in [0.2, 0.25) is 11.7 Å². The number of ether oxygens (including phenoxy) is 1. The van der Waals surface area contributed by atoms with Crippen LogP contribution >= 0.6 is 0 Å². The van der Waals surface area contributed by atoms with Gasteiger partial charge in [-0.2, -0.15) is 31.3 Å². The van der Waals surface area contributed by atoms with Gasteiger partial charge in [0.05, 0.1) is 12.1 Å². The van der Waals surface area contributed by atoms with Crippen LogP contribution in [0.25, 0.3) is 17.2 Å². The summed E-state index contributed by atoms with van der Waals surface area (Å²) in [6.45, 7) is -0.0196. The van der Waals surface area contributed by atoms with Crippen LogP contribution in [-0.4, -0.2) is 38.7 Å². The molecule has 0 amide bonds. The lowest BCUT2D eigenvalue weighted by molar-refractivity contribution is -0.153. The molecule has 2 heterocycles. The maximum Gasteiger partial charge on any atom is 0.422 e. The Morgan fingerprint density at radius 1 is 1.03 bits per heavy atom. The second kappa shape index (κ2) is 8.40. The first-order valence-corrected chi connectivity index (χ1v) is 8.72. The maximum absolute atomic E-state index is 12.8. The molecular formula is C18H14F6N4O3. The van der Waals surface area contributed by atoms with Crippen LogP contribution < -0.4 is 10.3 Å². The van der Waals surface area contributed by atoms with Gasteiger partial charge in [0.15, 0.2) is 6.61 Å². The van der Waals surface area contributed by atoms with E-state index in [2.05, 4.69) is 19.9 Å². The lowest BCUT2D eigenvalue weighted by Crippen LogP contribution is -2.25. The van der Waals surface area contributed by atoms with Gasteiger partial charge >= 0.3 is 12.4 Å². The van der Waals surface area contributed by atoms with Gasteiger partial charge in [0.1, 0.15) is 17.3 Å². The fourth-order valence-electron chi connectivity index (χ4n) is 2.60. The summed E-state index contributed by atoms with van der Waals surface area (Å²) in [6.07, 6.45) is -10.9. The topological polar surface area (TPSA) is 83.0 Å². The van der Waals surface area contributed by atoms with E-state index in [1.165, 1.54) is 19.1 Å². The minimum Gasteiger partial charge on any atom is -0.484 e. The van der Waals surface area contributed by atoms with Crippen molar-refractivity contribution in [3.8, 4) is 23.0 Å². The molecule has 0 N–H and O–H groups in total. The van der Waals surface area contributed by atoms with Gasteiger partial charge in [-0.05, 0) is 24.3 Å². The molecule has 0 aliphatic carbocycles. The van der Waals surface area contributed by atoms with Gasteiger partial charge in [-0.15, -0.1) is 0 Å². The molecule has 0 saturated carbocycles. The minimum absolute atomic E-state index is 0.0640. The highest BCUT2D eigenvalue weighted by Gasteiger charge is 2.29. The summed E-state index contributed by atoms with van der Waals surface area (Å²) in [7, 11) is 0. The molecule has 31 heavy (non-hydrogen) atoms. The molecule has 3 aromatic rings. The summed E-state index contributed by atoms with van der Waals surface area (Å²) in [5.74, 6) is -0.248. The first kappa shape index (κ1) is 22.3. The molecule has 0 spiro atoms. The SMILES string of the molecule is Cc1nc(-c2cc(=O)n(-c3ccc(OCC(F)(F)F)cc3)c(CCC(F)(F)F)n2)no1. The van der Waals surface area contributed by atoms with Crippen LogP contribution in [0.3, 0.4) is 0 Å². The van der Waals surface area contributed by atoms with E-state index in [0.717, 1.165) is 22.8 Å². The molecule has 13 heteroatoms. The minimum atomic E-state index is -4.53. The third kappa shape index (κ3) is 6.06. The Morgan fingerprint density at radius 2 is 1.71 bits per heavy atom. The third-order valence-electron chi connectivity index (χ3n) is 3.87. The Balaban J connectivity index is 1.98. The number of nitrogens with zero attached hydrogens (tertiary/aromatic N) is 4. The number of aryl methyl sites for hydroxylation is 2. The molecule has 0 unspecified atom stereocenters. The molecule has 0 aliphatic heterocycles. The van der Waals surface area contributed by atoms with Crippen LogP contribution in [0.15, 0.2) is 39.6 Å². The van der Waals surface area contributed by atoms with E-state index in [-0.39, 0.29) is 34.7 Å². The number of halogens is 6. The lowest BCUT2D eigenvalue weighted by atomic mass is 10.2. The van der Waals surface area contributed by atoms with Gasteiger partial charge in [0, 0.05) is 19.4 Å². The maximum atomic E-state index is 12.8. The Morgan fingerprint density at radius 3 is 2.26 bits per heavy atom. The average Bonchev–Trinajstić information content (AvgIpc) is 3.10. The van der Waals surface area contributed by atoms with E-state index in [0.29, 0.717) is 0 Å². The fourth-order valence-corrected chi connectivity index (χ4v) is 2.60. The summed E-state index contributed by atoms with van der Waals surface area (Å²) in [6, 6.07) is 5.83. The van der Waals surface area contributed by atoms with Crippen molar-refractivity contribution >= 4 is 0 Å². The highest BCUT2D eigenvalue weighted by molar-refractivity contribution is 5.49. The Labute approximate surface area is 170 Å². The van der Waals surface area contributed by atoms with Crippen LogP contribution in [-0.2, 0) is 6.42 Å². The highest BCUT2D eigenvalue weighted by Crippen LogP contribution is 2.24. The second-order valence-electron chi connectivity index (χ2n) is 6.38. The van der Waals surface area contributed by atoms with Crippen molar-refractivity contribution in [3.63, 3.8) is 0 Å². The molecule has 166 valence electrons. The first-order valence-electron chi connectivity index (χ1n) is 8.72. The summed E-state index contributed by atoms with van der Waals surface area (Å²) >= 11 is 0. The van der Waals surface area contributed by atoms with Crippen molar-refractivity contribution in [1.82, 2.24) is 19.7 Å². The highest BCUT2D eigenvalue weighted by atomic mass is 19.4. The van der Waals surface area contributed by atoms with E-state index >= 15 is 0 Å². The van der Waals surface area contributed by atoms with Crippen molar-refractivity contribution in [1.29, 1.82) is 0 Å². The Kier molecular flexibility index (Phi) is 6.04. The predicted molar refractivity (Wildman–Crippen MR) is 93.8 cm³/mol. The second-order valence-corrected chi connectivity index (χ2v) is 6.38. The lowest BCUT2D eigenvalue weighted by Gasteiger charge is -2.15. The van der Waals surface area contributed by atoms with Crippen LogP contribution in [0, 0.1) is 6.92 Å². The first-order chi connectivity index (χ1) is 14.4. The number of aromatic nitrogens is 4. The van der Waals surface area contributed by atoms with Gasteiger partial charge in [0.25, 0.3) is 5.56 Å². The summed E-state index contributed by atoms with van der Waals surface area (Å²) in [5.41, 5.74) is -0.695. The van der Waals surface area contributed by atoms with E-state index in [1.54, 1.807) is 0 Å². The molecular weight excluding hydrogens is 434 g/mol. The number of alkyl halides is 6. The van der Waals surface area contributed by atoms with Crippen molar-refractivity contribution in [3.05, 3.63) is 52.4 Å². The van der Waals surface area contributed by atoms with E-state index in [1.807, 2.05) is 0 Å². The standard InChI is InChI=1S/C18H14F6N4O3/c1-10-25-16(27-31-10)13-8-15(29)28(14(26-13)6-7-17(19,20)21)11-2-4-12(5-3-11)30-9-18(22,23)24/h2-5,8H,6-7,9H2,1H3. The molecule has 7 nitrogen and oxygen atoms in total. The van der Waals surface area contributed by atoms with E-state index in [9.17, 15) is 31.1 Å². The van der Waals surface area contributed by atoms with E-state index < -0.39 is 37.4 Å².